The Hall–Kier alpha value is -3.55. The van der Waals surface area contributed by atoms with Crippen molar-refractivity contribution in [1.29, 1.82) is 0 Å². The second kappa shape index (κ2) is 8.44. The summed E-state index contributed by atoms with van der Waals surface area (Å²) in [5.41, 5.74) is 1.07. The lowest BCUT2D eigenvalue weighted by atomic mass is 10.0. The Bertz CT molecular complexity index is 997. The van der Waals surface area contributed by atoms with Crippen LogP contribution in [-0.2, 0) is 20.7 Å². The quantitative estimate of drug-likeness (QED) is 0.727. The van der Waals surface area contributed by atoms with E-state index in [1.54, 1.807) is 6.07 Å². The molecule has 158 valence electrons. The van der Waals surface area contributed by atoms with Crippen LogP contribution in [0.3, 0.4) is 0 Å². The molecular weight excluding hydrogens is 390 g/mol. The fraction of sp³-hybridized carbons (Fsp3) is 0.318. The third-order valence-electron chi connectivity index (χ3n) is 4.53. The summed E-state index contributed by atoms with van der Waals surface area (Å²) in [6, 6.07) is 9.67. The number of methoxy groups -OCH3 is 2. The number of para-hydroxylation sites is 1. The number of nitrogens with one attached hydrogen (secondary N) is 1. The number of anilines is 1. The number of rotatable bonds is 6. The Morgan fingerprint density at radius 2 is 1.80 bits per heavy atom. The van der Waals surface area contributed by atoms with Gasteiger partial charge < -0.3 is 24.3 Å². The van der Waals surface area contributed by atoms with Crippen molar-refractivity contribution < 1.29 is 33.3 Å². The van der Waals surface area contributed by atoms with Crippen LogP contribution in [0.25, 0.3) is 0 Å². The predicted octanol–water partition coefficient (Wildman–Crippen LogP) is 2.99. The molecule has 2 aromatic carbocycles. The van der Waals surface area contributed by atoms with Crippen LogP contribution >= 0.6 is 0 Å². The van der Waals surface area contributed by atoms with Crippen LogP contribution in [0.5, 0.6) is 11.5 Å². The van der Waals surface area contributed by atoms with Gasteiger partial charge in [-0.05, 0) is 38.1 Å². The van der Waals surface area contributed by atoms with E-state index >= 15 is 0 Å². The van der Waals surface area contributed by atoms with Crippen LogP contribution in [0.2, 0.25) is 0 Å². The summed E-state index contributed by atoms with van der Waals surface area (Å²) in [4.78, 5) is 36.3. The monoisotopic (exact) mass is 413 g/mol. The molecule has 1 aliphatic rings. The van der Waals surface area contributed by atoms with E-state index < -0.39 is 17.8 Å². The standard InChI is InChI=1S/C22H23NO7/c1-22(2)11-14-6-5-7-17(19(14)30-22)29-12-18(24)23-16-10-13(20(25)27-3)8-9-15(16)21(26)28-4/h5-10H,11-12H2,1-4H3,(H,23,24). The Morgan fingerprint density at radius 3 is 2.50 bits per heavy atom. The molecule has 8 nitrogen and oxygen atoms in total. The lowest BCUT2D eigenvalue weighted by Gasteiger charge is -2.18. The van der Waals surface area contributed by atoms with Crippen LogP contribution in [-0.4, -0.2) is 44.3 Å². The summed E-state index contributed by atoms with van der Waals surface area (Å²) in [7, 11) is 2.47. The molecule has 0 fully saturated rings. The Kier molecular flexibility index (Phi) is 5.96. The molecule has 0 bridgehead atoms. The maximum absolute atomic E-state index is 12.5. The average Bonchev–Trinajstić information content (AvgIpc) is 3.05. The molecule has 0 aliphatic carbocycles. The molecule has 1 N–H and O–H groups in total. The fourth-order valence-electron chi connectivity index (χ4n) is 3.21. The highest BCUT2D eigenvalue weighted by atomic mass is 16.5. The molecule has 1 heterocycles. The van der Waals surface area contributed by atoms with Gasteiger partial charge >= 0.3 is 11.9 Å². The average molecular weight is 413 g/mol. The van der Waals surface area contributed by atoms with Crippen molar-refractivity contribution in [1.82, 2.24) is 0 Å². The van der Waals surface area contributed by atoms with Gasteiger partial charge in [-0.1, -0.05) is 12.1 Å². The highest BCUT2D eigenvalue weighted by Crippen LogP contribution is 2.41. The van der Waals surface area contributed by atoms with Crippen LogP contribution in [0.15, 0.2) is 36.4 Å². The van der Waals surface area contributed by atoms with E-state index in [4.69, 9.17) is 14.2 Å². The minimum atomic E-state index is -0.654. The van der Waals surface area contributed by atoms with Crippen molar-refractivity contribution in [2.75, 3.05) is 26.1 Å². The summed E-state index contributed by atoms with van der Waals surface area (Å²) in [5.74, 6) is -0.683. The lowest BCUT2D eigenvalue weighted by Crippen LogP contribution is -2.25. The van der Waals surface area contributed by atoms with Crippen molar-refractivity contribution in [2.24, 2.45) is 0 Å². The van der Waals surface area contributed by atoms with Crippen molar-refractivity contribution in [3.05, 3.63) is 53.1 Å². The molecule has 3 rings (SSSR count). The number of ether oxygens (including phenoxy) is 4. The van der Waals surface area contributed by atoms with E-state index in [9.17, 15) is 14.4 Å². The molecule has 1 amide bonds. The van der Waals surface area contributed by atoms with E-state index in [-0.39, 0.29) is 29.0 Å². The zero-order valence-corrected chi connectivity index (χ0v) is 17.2. The SMILES string of the molecule is COC(=O)c1ccc(C(=O)OC)c(NC(=O)COc2cccc3c2OC(C)(C)C3)c1. The molecule has 0 aromatic heterocycles. The molecule has 30 heavy (non-hydrogen) atoms. The van der Waals surface area contributed by atoms with Gasteiger partial charge in [-0.3, -0.25) is 4.79 Å². The number of carbonyl (C=O) groups excluding carboxylic acids is 3. The topological polar surface area (TPSA) is 100 Å². The van der Waals surface area contributed by atoms with Gasteiger partial charge in [0.05, 0.1) is 31.0 Å². The van der Waals surface area contributed by atoms with E-state index in [1.807, 2.05) is 26.0 Å². The lowest BCUT2D eigenvalue weighted by molar-refractivity contribution is -0.118. The van der Waals surface area contributed by atoms with E-state index in [1.165, 1.54) is 32.4 Å². The van der Waals surface area contributed by atoms with Gasteiger partial charge in [-0.15, -0.1) is 0 Å². The van der Waals surface area contributed by atoms with Gasteiger partial charge in [0, 0.05) is 12.0 Å². The molecular formula is C22H23NO7. The van der Waals surface area contributed by atoms with Gasteiger partial charge in [-0.2, -0.15) is 0 Å². The summed E-state index contributed by atoms with van der Waals surface area (Å²) < 4.78 is 21.0. The van der Waals surface area contributed by atoms with E-state index in [0.29, 0.717) is 11.5 Å². The molecule has 2 aromatic rings. The smallest absolute Gasteiger partial charge is 0.339 e. The molecule has 1 aliphatic heterocycles. The highest BCUT2D eigenvalue weighted by molar-refractivity contribution is 6.03. The molecule has 0 saturated carbocycles. The number of benzene rings is 2. The molecule has 0 atom stereocenters. The molecule has 0 spiro atoms. The highest BCUT2D eigenvalue weighted by Gasteiger charge is 2.32. The number of esters is 2. The first-order valence-corrected chi connectivity index (χ1v) is 9.28. The second-order valence-electron chi connectivity index (χ2n) is 7.36. The van der Waals surface area contributed by atoms with E-state index in [0.717, 1.165) is 12.0 Å². The first kappa shape index (κ1) is 21.2. The van der Waals surface area contributed by atoms with Gasteiger partial charge in [0.15, 0.2) is 18.1 Å². The van der Waals surface area contributed by atoms with Gasteiger partial charge in [0.25, 0.3) is 5.91 Å². The summed E-state index contributed by atoms with van der Waals surface area (Å²) >= 11 is 0. The Morgan fingerprint density at radius 1 is 1.07 bits per heavy atom. The zero-order valence-electron chi connectivity index (χ0n) is 17.2. The van der Waals surface area contributed by atoms with Crippen molar-refractivity contribution in [3.63, 3.8) is 0 Å². The normalized spacial score (nSPS) is 13.6. The van der Waals surface area contributed by atoms with Crippen molar-refractivity contribution in [3.8, 4) is 11.5 Å². The third kappa shape index (κ3) is 4.53. The van der Waals surface area contributed by atoms with Crippen LogP contribution in [0, 0.1) is 0 Å². The number of fused-ring (bicyclic) bond motifs is 1. The Labute approximate surface area is 174 Å². The van der Waals surface area contributed by atoms with Gasteiger partial charge in [0.2, 0.25) is 0 Å². The van der Waals surface area contributed by atoms with E-state index in [2.05, 4.69) is 10.1 Å². The number of carbonyl (C=O) groups is 3. The molecule has 0 radical (unpaired) electrons. The molecule has 0 unspecified atom stereocenters. The number of hydrogen-bond donors (Lipinski definition) is 1. The maximum Gasteiger partial charge on any atom is 0.339 e. The fourth-order valence-corrected chi connectivity index (χ4v) is 3.21. The minimum Gasteiger partial charge on any atom is -0.483 e. The zero-order chi connectivity index (χ0) is 21.9. The maximum atomic E-state index is 12.5. The summed E-state index contributed by atoms with van der Waals surface area (Å²) in [6.07, 6.45) is 0.745. The molecule has 0 saturated heterocycles. The summed E-state index contributed by atoms with van der Waals surface area (Å²) in [5, 5.41) is 2.59. The Balaban J connectivity index is 1.75. The van der Waals surface area contributed by atoms with Crippen LogP contribution < -0.4 is 14.8 Å². The van der Waals surface area contributed by atoms with Gasteiger partial charge in [0.1, 0.15) is 5.60 Å². The van der Waals surface area contributed by atoms with Gasteiger partial charge in [-0.25, -0.2) is 9.59 Å². The van der Waals surface area contributed by atoms with Crippen molar-refractivity contribution in [2.45, 2.75) is 25.9 Å². The number of amides is 1. The second-order valence-corrected chi connectivity index (χ2v) is 7.36. The first-order chi connectivity index (χ1) is 14.2. The minimum absolute atomic E-state index is 0.101. The summed E-state index contributed by atoms with van der Waals surface area (Å²) in [6.45, 7) is 3.64. The van der Waals surface area contributed by atoms with Crippen LogP contribution in [0.1, 0.15) is 40.1 Å². The first-order valence-electron chi connectivity index (χ1n) is 9.28. The van der Waals surface area contributed by atoms with Crippen molar-refractivity contribution >= 4 is 23.5 Å². The molecule has 8 heteroatoms. The van der Waals surface area contributed by atoms with Crippen LogP contribution in [0.4, 0.5) is 5.69 Å². The predicted molar refractivity (Wildman–Crippen MR) is 108 cm³/mol. The third-order valence-corrected chi connectivity index (χ3v) is 4.53. The number of hydrogen-bond acceptors (Lipinski definition) is 7. The largest absolute Gasteiger partial charge is 0.483 e.